The van der Waals surface area contributed by atoms with Gasteiger partial charge in [-0.15, -0.1) is 35.3 Å². The van der Waals surface area contributed by atoms with Gasteiger partial charge in [-0.2, -0.15) is 11.8 Å². The summed E-state index contributed by atoms with van der Waals surface area (Å²) in [5, 5.41) is 9.16. The topological polar surface area (TPSA) is 48.9 Å². The molecule has 2 aliphatic rings. The van der Waals surface area contributed by atoms with E-state index in [1.165, 1.54) is 22.8 Å². The van der Waals surface area contributed by atoms with Gasteiger partial charge < -0.3 is 15.4 Å². The Hall–Kier alpha value is -0.0300. The van der Waals surface area contributed by atoms with Crippen LogP contribution in [0.1, 0.15) is 25.1 Å². The van der Waals surface area contributed by atoms with E-state index >= 15 is 0 Å². The summed E-state index contributed by atoms with van der Waals surface area (Å²) in [6, 6.07) is 4.36. The molecule has 2 aliphatic heterocycles. The molecule has 2 N–H and O–H groups in total. The van der Waals surface area contributed by atoms with Gasteiger partial charge in [-0.1, -0.05) is 13.0 Å². The van der Waals surface area contributed by atoms with Gasteiger partial charge in [0.15, 0.2) is 5.96 Å². The molecule has 8 heteroatoms. The first-order valence-corrected chi connectivity index (χ1v) is 12.2. The van der Waals surface area contributed by atoms with Crippen molar-refractivity contribution in [3.63, 3.8) is 0 Å². The van der Waals surface area contributed by atoms with Crippen LogP contribution >= 0.6 is 47.1 Å². The number of thioether (sulfide) groups is 1. The molecule has 28 heavy (non-hydrogen) atoms. The van der Waals surface area contributed by atoms with E-state index in [0.29, 0.717) is 5.92 Å². The van der Waals surface area contributed by atoms with E-state index in [9.17, 15) is 0 Å². The van der Waals surface area contributed by atoms with Gasteiger partial charge in [-0.25, -0.2) is 0 Å². The van der Waals surface area contributed by atoms with Crippen molar-refractivity contribution < 1.29 is 4.74 Å². The number of hydrogen-bond acceptors (Lipinski definition) is 5. The zero-order chi connectivity index (χ0) is 19.0. The largest absolute Gasteiger partial charge is 0.379 e. The number of thiophene rings is 1. The number of hydrogen-bond donors (Lipinski definition) is 2. The first-order valence-electron chi connectivity index (χ1n) is 10.2. The van der Waals surface area contributed by atoms with Crippen LogP contribution in [0.25, 0.3) is 0 Å². The Kier molecular flexibility index (Phi) is 10.9. The minimum Gasteiger partial charge on any atom is -0.379 e. The van der Waals surface area contributed by atoms with Gasteiger partial charge in [0.2, 0.25) is 0 Å². The standard InChI is InChI=1S/C20H34N4OS2.HI/c1-3-21-19(22-14-17(2)13-18-5-4-11-27-18)23-15-20(6-12-26-16-20)24-7-9-25-10-8-24;/h4-5,11,17H,3,6-10,12-16H2,1-2H3,(H2,21,22,23);1H. The zero-order valence-corrected chi connectivity index (χ0v) is 21.1. The van der Waals surface area contributed by atoms with E-state index in [0.717, 1.165) is 58.3 Å². The number of nitrogens with zero attached hydrogens (tertiary/aromatic N) is 2. The highest BCUT2D eigenvalue weighted by Crippen LogP contribution is 2.34. The number of rotatable bonds is 8. The number of nitrogens with one attached hydrogen (secondary N) is 2. The summed E-state index contributed by atoms with van der Waals surface area (Å²) < 4.78 is 5.57. The lowest BCUT2D eigenvalue weighted by molar-refractivity contribution is -0.0104. The molecule has 3 heterocycles. The van der Waals surface area contributed by atoms with Crippen LogP contribution in [-0.4, -0.2) is 73.8 Å². The van der Waals surface area contributed by atoms with E-state index in [1.807, 2.05) is 11.3 Å². The maximum Gasteiger partial charge on any atom is 0.191 e. The smallest absolute Gasteiger partial charge is 0.191 e. The third kappa shape index (κ3) is 7.04. The Morgan fingerprint density at radius 3 is 2.82 bits per heavy atom. The fourth-order valence-corrected chi connectivity index (χ4v) is 6.13. The molecule has 160 valence electrons. The van der Waals surface area contributed by atoms with Crippen LogP contribution in [0.15, 0.2) is 22.5 Å². The Bertz CT molecular complexity index is 573. The van der Waals surface area contributed by atoms with E-state index in [1.54, 1.807) is 0 Å². The van der Waals surface area contributed by atoms with Gasteiger partial charge >= 0.3 is 0 Å². The van der Waals surface area contributed by atoms with Crippen molar-refractivity contribution in [2.45, 2.75) is 32.2 Å². The SMILES string of the molecule is CCNC(=NCC1(N2CCOCC2)CCSC1)NCC(C)Cc1cccs1.I. The molecule has 5 nitrogen and oxygen atoms in total. The van der Waals surface area contributed by atoms with Gasteiger partial charge in [-0.3, -0.25) is 9.89 Å². The van der Waals surface area contributed by atoms with Crippen molar-refractivity contribution in [2.24, 2.45) is 10.9 Å². The van der Waals surface area contributed by atoms with Crippen molar-refractivity contribution in [3.05, 3.63) is 22.4 Å². The maximum atomic E-state index is 5.57. The second kappa shape index (κ2) is 12.6. The van der Waals surface area contributed by atoms with Crippen LogP contribution < -0.4 is 10.6 Å². The van der Waals surface area contributed by atoms with E-state index in [-0.39, 0.29) is 29.5 Å². The molecule has 0 saturated carbocycles. The lowest BCUT2D eigenvalue weighted by Gasteiger charge is -2.42. The molecule has 0 spiro atoms. The van der Waals surface area contributed by atoms with E-state index < -0.39 is 0 Å². The summed E-state index contributed by atoms with van der Waals surface area (Å²) in [6.07, 6.45) is 2.35. The fourth-order valence-electron chi connectivity index (χ4n) is 3.79. The molecule has 1 aromatic heterocycles. The summed E-state index contributed by atoms with van der Waals surface area (Å²) in [5.41, 5.74) is 0.208. The molecule has 3 rings (SSSR count). The number of ether oxygens (including phenoxy) is 1. The van der Waals surface area contributed by atoms with Crippen LogP contribution in [0.4, 0.5) is 0 Å². The minimum absolute atomic E-state index is 0. The first kappa shape index (κ1) is 24.2. The zero-order valence-electron chi connectivity index (χ0n) is 17.1. The van der Waals surface area contributed by atoms with Crippen molar-refractivity contribution in [1.29, 1.82) is 0 Å². The molecule has 1 aromatic rings. The monoisotopic (exact) mass is 538 g/mol. The highest BCUT2D eigenvalue weighted by molar-refractivity contribution is 14.0. The molecular formula is C20H35IN4OS2. The van der Waals surface area contributed by atoms with Crippen LogP contribution in [0.3, 0.4) is 0 Å². The molecule has 0 bridgehead atoms. The Morgan fingerprint density at radius 2 is 2.18 bits per heavy atom. The van der Waals surface area contributed by atoms with Crippen molar-refractivity contribution >= 4 is 53.0 Å². The summed E-state index contributed by atoms with van der Waals surface area (Å²) in [4.78, 5) is 9.10. The average Bonchev–Trinajstić information content (AvgIpc) is 3.37. The van der Waals surface area contributed by atoms with Crippen LogP contribution in [-0.2, 0) is 11.2 Å². The fraction of sp³-hybridized carbons (Fsp3) is 0.750. The summed E-state index contributed by atoms with van der Waals surface area (Å²) in [7, 11) is 0. The summed E-state index contributed by atoms with van der Waals surface area (Å²) in [5.74, 6) is 3.97. The van der Waals surface area contributed by atoms with E-state index in [4.69, 9.17) is 9.73 Å². The molecule has 0 amide bonds. The first-order chi connectivity index (χ1) is 13.2. The number of aliphatic imine (C=N–C) groups is 1. The number of morpholine rings is 1. The Labute approximate surface area is 195 Å². The third-order valence-corrected chi connectivity index (χ3v) is 7.52. The second-order valence-electron chi connectivity index (χ2n) is 7.59. The molecule has 0 aromatic carbocycles. The van der Waals surface area contributed by atoms with E-state index in [2.05, 4.69) is 58.7 Å². The minimum atomic E-state index is 0. The van der Waals surface area contributed by atoms with Crippen LogP contribution in [0.2, 0.25) is 0 Å². The van der Waals surface area contributed by atoms with Crippen molar-refractivity contribution in [1.82, 2.24) is 15.5 Å². The normalized spacial score (nSPS) is 24.6. The maximum absolute atomic E-state index is 5.57. The molecule has 2 saturated heterocycles. The molecule has 0 aliphatic carbocycles. The molecule has 0 radical (unpaired) electrons. The van der Waals surface area contributed by atoms with Gasteiger partial charge in [0.1, 0.15) is 0 Å². The second-order valence-corrected chi connectivity index (χ2v) is 9.73. The highest BCUT2D eigenvalue weighted by Gasteiger charge is 2.40. The Balaban J connectivity index is 0.00000280. The van der Waals surface area contributed by atoms with Gasteiger partial charge in [0.05, 0.1) is 25.3 Å². The predicted octanol–water partition coefficient (Wildman–Crippen LogP) is 3.31. The number of guanidine groups is 1. The molecule has 2 unspecified atom stereocenters. The predicted molar refractivity (Wildman–Crippen MR) is 134 cm³/mol. The van der Waals surface area contributed by atoms with Crippen molar-refractivity contribution in [3.8, 4) is 0 Å². The molecular weight excluding hydrogens is 503 g/mol. The van der Waals surface area contributed by atoms with Crippen molar-refractivity contribution in [2.75, 3.05) is 57.4 Å². The van der Waals surface area contributed by atoms with Gasteiger partial charge in [0.25, 0.3) is 0 Å². The third-order valence-electron chi connectivity index (χ3n) is 5.39. The van der Waals surface area contributed by atoms with Gasteiger partial charge in [0, 0.05) is 36.8 Å². The Morgan fingerprint density at radius 1 is 1.36 bits per heavy atom. The molecule has 2 fully saturated rings. The summed E-state index contributed by atoms with van der Waals surface area (Å²) in [6.45, 7) is 10.9. The average molecular weight is 539 g/mol. The van der Waals surface area contributed by atoms with Gasteiger partial charge in [-0.05, 0) is 42.9 Å². The van der Waals surface area contributed by atoms with Crippen LogP contribution in [0, 0.1) is 5.92 Å². The highest BCUT2D eigenvalue weighted by atomic mass is 127. The number of halogens is 1. The summed E-state index contributed by atoms with van der Waals surface area (Å²) >= 11 is 3.92. The molecule has 2 atom stereocenters. The lowest BCUT2D eigenvalue weighted by Crippen LogP contribution is -2.56. The van der Waals surface area contributed by atoms with Crippen LogP contribution in [0.5, 0.6) is 0 Å². The lowest BCUT2D eigenvalue weighted by atomic mass is 9.96. The quantitative estimate of drug-likeness (QED) is 0.302.